The summed E-state index contributed by atoms with van der Waals surface area (Å²) >= 11 is 0. The normalized spacial score (nSPS) is 10.6. The molecule has 1 heterocycles. The van der Waals surface area contributed by atoms with Gasteiger partial charge >= 0.3 is 0 Å². The van der Waals surface area contributed by atoms with E-state index in [1.165, 1.54) is 0 Å². The quantitative estimate of drug-likeness (QED) is 0.711. The van der Waals surface area contributed by atoms with Crippen LogP contribution in [-0.2, 0) is 7.05 Å². The maximum Gasteiger partial charge on any atom is 0.147 e. The van der Waals surface area contributed by atoms with Gasteiger partial charge in [0.2, 0.25) is 0 Å². The fourth-order valence-corrected chi connectivity index (χ4v) is 1.38. The summed E-state index contributed by atoms with van der Waals surface area (Å²) in [5.41, 5.74) is 6.62. The molecule has 4 heteroatoms. The first-order valence-corrected chi connectivity index (χ1v) is 3.99. The van der Waals surface area contributed by atoms with Crippen LogP contribution in [0.15, 0.2) is 18.2 Å². The summed E-state index contributed by atoms with van der Waals surface area (Å²) in [6.07, 6.45) is 0. The monoisotopic (exact) mass is 177 g/mol. The fraction of sp³-hybridized carbons (Fsp3) is 0.222. The molecule has 0 saturated carbocycles. The summed E-state index contributed by atoms with van der Waals surface area (Å²) in [6, 6.07) is 5.70. The molecule has 2 rings (SSSR count). The Morgan fingerprint density at radius 1 is 1.46 bits per heavy atom. The van der Waals surface area contributed by atoms with E-state index in [4.69, 9.17) is 10.5 Å². The van der Waals surface area contributed by atoms with Crippen LogP contribution in [0.25, 0.3) is 10.9 Å². The molecular weight excluding hydrogens is 166 g/mol. The van der Waals surface area contributed by atoms with Gasteiger partial charge in [0.25, 0.3) is 0 Å². The van der Waals surface area contributed by atoms with E-state index in [0.717, 1.165) is 16.7 Å². The summed E-state index contributed by atoms with van der Waals surface area (Å²) in [5, 5.41) is 5.18. The number of nitrogens with two attached hydrogens (primary N) is 1. The van der Waals surface area contributed by atoms with Gasteiger partial charge in [0.15, 0.2) is 0 Å². The molecule has 2 N–H and O–H groups in total. The lowest BCUT2D eigenvalue weighted by Gasteiger charge is -1.98. The molecule has 4 nitrogen and oxygen atoms in total. The zero-order chi connectivity index (χ0) is 9.42. The zero-order valence-corrected chi connectivity index (χ0v) is 7.61. The molecule has 0 fully saturated rings. The molecule has 1 aromatic carbocycles. The van der Waals surface area contributed by atoms with Crippen molar-refractivity contribution in [1.29, 1.82) is 0 Å². The molecule has 0 aliphatic heterocycles. The Kier molecular flexibility index (Phi) is 1.62. The minimum absolute atomic E-state index is 0.661. The molecule has 2 aromatic rings. The SMILES string of the molecule is COc1cccc2c(N)n(C)nc12. The minimum Gasteiger partial charge on any atom is -0.494 e. The van der Waals surface area contributed by atoms with E-state index in [-0.39, 0.29) is 0 Å². The Morgan fingerprint density at radius 3 is 2.92 bits per heavy atom. The van der Waals surface area contributed by atoms with Crippen LogP contribution >= 0.6 is 0 Å². The Morgan fingerprint density at radius 2 is 2.23 bits per heavy atom. The largest absolute Gasteiger partial charge is 0.494 e. The smallest absolute Gasteiger partial charge is 0.147 e. The third-order valence-electron chi connectivity index (χ3n) is 2.09. The van der Waals surface area contributed by atoms with Gasteiger partial charge in [-0.1, -0.05) is 6.07 Å². The molecule has 0 unspecified atom stereocenters. The number of aromatic nitrogens is 2. The zero-order valence-electron chi connectivity index (χ0n) is 7.61. The van der Waals surface area contributed by atoms with Gasteiger partial charge in [-0.05, 0) is 12.1 Å². The van der Waals surface area contributed by atoms with E-state index >= 15 is 0 Å². The standard InChI is InChI=1S/C9H11N3O/c1-12-9(10)6-4-3-5-7(13-2)8(6)11-12/h3-5H,10H2,1-2H3. The summed E-state index contributed by atoms with van der Waals surface area (Å²) < 4.78 is 6.81. The maximum absolute atomic E-state index is 5.81. The highest BCUT2D eigenvalue weighted by Gasteiger charge is 2.08. The summed E-state index contributed by atoms with van der Waals surface area (Å²) in [5.74, 6) is 1.42. The van der Waals surface area contributed by atoms with E-state index in [1.54, 1.807) is 11.8 Å². The lowest BCUT2D eigenvalue weighted by molar-refractivity contribution is 0.418. The average molecular weight is 177 g/mol. The highest BCUT2D eigenvalue weighted by atomic mass is 16.5. The van der Waals surface area contributed by atoms with Crippen LogP contribution in [-0.4, -0.2) is 16.9 Å². The van der Waals surface area contributed by atoms with Crippen molar-refractivity contribution in [3.63, 3.8) is 0 Å². The number of nitrogen functional groups attached to an aromatic ring is 1. The summed E-state index contributed by atoms with van der Waals surface area (Å²) in [7, 11) is 3.44. The molecule has 0 amide bonds. The van der Waals surface area contributed by atoms with Gasteiger partial charge in [-0.3, -0.25) is 4.68 Å². The first-order valence-electron chi connectivity index (χ1n) is 3.99. The molecule has 0 saturated heterocycles. The number of hydrogen-bond acceptors (Lipinski definition) is 3. The fourth-order valence-electron chi connectivity index (χ4n) is 1.38. The van der Waals surface area contributed by atoms with Crippen LogP contribution in [0.4, 0.5) is 5.82 Å². The predicted molar refractivity (Wildman–Crippen MR) is 51.7 cm³/mol. The summed E-state index contributed by atoms with van der Waals surface area (Å²) in [4.78, 5) is 0. The number of ether oxygens (including phenoxy) is 1. The van der Waals surface area contributed by atoms with Crippen molar-refractivity contribution in [1.82, 2.24) is 9.78 Å². The highest BCUT2D eigenvalue weighted by Crippen LogP contribution is 2.27. The van der Waals surface area contributed by atoms with E-state index in [9.17, 15) is 0 Å². The van der Waals surface area contributed by atoms with Crippen molar-refractivity contribution in [2.75, 3.05) is 12.8 Å². The first-order chi connectivity index (χ1) is 6.24. The van der Waals surface area contributed by atoms with Crippen molar-refractivity contribution in [2.45, 2.75) is 0 Å². The third kappa shape index (κ3) is 1.02. The van der Waals surface area contributed by atoms with Crippen LogP contribution in [0.5, 0.6) is 5.75 Å². The Bertz CT molecular complexity index is 447. The van der Waals surface area contributed by atoms with Gasteiger partial charge in [0.1, 0.15) is 17.1 Å². The first kappa shape index (κ1) is 7.91. The van der Waals surface area contributed by atoms with Crippen LogP contribution in [0.1, 0.15) is 0 Å². The van der Waals surface area contributed by atoms with Crippen molar-refractivity contribution >= 4 is 16.7 Å². The number of rotatable bonds is 1. The number of nitrogens with zero attached hydrogens (tertiary/aromatic N) is 2. The maximum atomic E-state index is 5.81. The van der Waals surface area contributed by atoms with E-state index in [2.05, 4.69) is 5.10 Å². The van der Waals surface area contributed by atoms with Gasteiger partial charge in [0.05, 0.1) is 7.11 Å². The molecule has 0 radical (unpaired) electrons. The van der Waals surface area contributed by atoms with Crippen molar-refractivity contribution in [2.24, 2.45) is 7.05 Å². The number of hydrogen-bond donors (Lipinski definition) is 1. The third-order valence-corrected chi connectivity index (χ3v) is 2.09. The number of anilines is 1. The second kappa shape index (κ2) is 2.65. The van der Waals surface area contributed by atoms with Crippen LogP contribution in [0.3, 0.4) is 0 Å². The minimum atomic E-state index is 0.661. The number of benzene rings is 1. The molecule has 0 spiro atoms. The molecule has 68 valence electrons. The average Bonchev–Trinajstić information content (AvgIpc) is 2.43. The molecule has 0 aliphatic rings. The molecule has 0 atom stereocenters. The van der Waals surface area contributed by atoms with Crippen molar-refractivity contribution in [3.8, 4) is 5.75 Å². The van der Waals surface area contributed by atoms with Crippen LogP contribution in [0, 0.1) is 0 Å². The van der Waals surface area contributed by atoms with E-state index in [1.807, 2.05) is 25.2 Å². The van der Waals surface area contributed by atoms with Crippen molar-refractivity contribution in [3.05, 3.63) is 18.2 Å². The molecular formula is C9H11N3O. The lowest BCUT2D eigenvalue weighted by Crippen LogP contribution is -1.96. The lowest BCUT2D eigenvalue weighted by atomic mass is 10.2. The number of fused-ring (bicyclic) bond motifs is 1. The van der Waals surface area contributed by atoms with Crippen LogP contribution in [0.2, 0.25) is 0 Å². The second-order valence-corrected chi connectivity index (χ2v) is 2.87. The van der Waals surface area contributed by atoms with Gasteiger partial charge in [-0.25, -0.2) is 0 Å². The number of aryl methyl sites for hydroxylation is 1. The number of methoxy groups -OCH3 is 1. The van der Waals surface area contributed by atoms with Gasteiger partial charge in [0, 0.05) is 12.4 Å². The Labute approximate surface area is 75.9 Å². The van der Waals surface area contributed by atoms with Gasteiger partial charge < -0.3 is 10.5 Å². The van der Waals surface area contributed by atoms with E-state index in [0.29, 0.717) is 5.82 Å². The van der Waals surface area contributed by atoms with Crippen molar-refractivity contribution < 1.29 is 4.74 Å². The topological polar surface area (TPSA) is 53.1 Å². The van der Waals surface area contributed by atoms with Crippen LogP contribution < -0.4 is 10.5 Å². The molecule has 0 bridgehead atoms. The molecule has 13 heavy (non-hydrogen) atoms. The van der Waals surface area contributed by atoms with E-state index < -0.39 is 0 Å². The Hall–Kier alpha value is -1.71. The molecule has 1 aromatic heterocycles. The Balaban J connectivity index is 2.84. The highest BCUT2D eigenvalue weighted by molar-refractivity contribution is 5.92. The van der Waals surface area contributed by atoms with Gasteiger partial charge in [-0.15, -0.1) is 0 Å². The van der Waals surface area contributed by atoms with Gasteiger partial charge in [-0.2, -0.15) is 5.10 Å². The molecule has 0 aliphatic carbocycles. The predicted octanol–water partition coefficient (Wildman–Crippen LogP) is 1.16. The summed E-state index contributed by atoms with van der Waals surface area (Å²) in [6.45, 7) is 0. The second-order valence-electron chi connectivity index (χ2n) is 2.87.